The SMILES string of the molecule is CSCC[C@H](N)C(=O)Nc1ncc(-c2ccccc2)s1. The van der Waals surface area contributed by atoms with E-state index in [0.717, 1.165) is 16.2 Å². The number of anilines is 1. The van der Waals surface area contributed by atoms with Crippen LogP contribution in [0.1, 0.15) is 6.42 Å². The van der Waals surface area contributed by atoms with E-state index in [1.54, 1.807) is 18.0 Å². The number of aromatic nitrogens is 1. The van der Waals surface area contributed by atoms with Gasteiger partial charge in [0.2, 0.25) is 5.91 Å². The molecule has 0 saturated heterocycles. The number of nitrogens with zero attached hydrogens (tertiary/aromatic N) is 1. The molecule has 1 heterocycles. The molecule has 3 N–H and O–H groups in total. The molecule has 0 unspecified atom stereocenters. The van der Waals surface area contributed by atoms with Crippen LogP contribution in [0.15, 0.2) is 36.5 Å². The second-order valence-corrected chi connectivity index (χ2v) is 6.29. The van der Waals surface area contributed by atoms with Gasteiger partial charge >= 0.3 is 0 Å². The molecule has 1 aromatic carbocycles. The van der Waals surface area contributed by atoms with E-state index in [-0.39, 0.29) is 5.91 Å². The van der Waals surface area contributed by atoms with Gasteiger partial charge in [0.1, 0.15) is 0 Å². The highest BCUT2D eigenvalue weighted by Crippen LogP contribution is 2.28. The second kappa shape index (κ2) is 7.42. The summed E-state index contributed by atoms with van der Waals surface area (Å²) in [6.07, 6.45) is 4.44. The molecule has 1 aromatic heterocycles. The fraction of sp³-hybridized carbons (Fsp3) is 0.286. The summed E-state index contributed by atoms with van der Waals surface area (Å²) in [5, 5.41) is 3.37. The van der Waals surface area contributed by atoms with Crippen molar-refractivity contribution in [2.75, 3.05) is 17.3 Å². The zero-order valence-corrected chi connectivity index (χ0v) is 12.8. The van der Waals surface area contributed by atoms with E-state index >= 15 is 0 Å². The van der Waals surface area contributed by atoms with Gasteiger partial charge in [-0.25, -0.2) is 4.98 Å². The number of carbonyl (C=O) groups excluding carboxylic acids is 1. The molecule has 2 rings (SSSR count). The quantitative estimate of drug-likeness (QED) is 0.861. The lowest BCUT2D eigenvalue weighted by molar-refractivity contribution is -0.117. The Balaban J connectivity index is 1.98. The van der Waals surface area contributed by atoms with Gasteiger partial charge in [-0.1, -0.05) is 41.7 Å². The predicted molar refractivity (Wildman–Crippen MR) is 87.2 cm³/mol. The molecule has 106 valence electrons. The zero-order valence-electron chi connectivity index (χ0n) is 11.2. The van der Waals surface area contributed by atoms with Crippen molar-refractivity contribution in [3.8, 4) is 10.4 Å². The lowest BCUT2D eigenvalue weighted by Crippen LogP contribution is -2.36. The number of thiazole rings is 1. The number of hydrogen-bond donors (Lipinski definition) is 2. The molecule has 0 aliphatic carbocycles. The van der Waals surface area contributed by atoms with Crippen molar-refractivity contribution in [2.24, 2.45) is 5.73 Å². The molecule has 20 heavy (non-hydrogen) atoms. The van der Waals surface area contributed by atoms with Crippen molar-refractivity contribution in [1.82, 2.24) is 4.98 Å². The molecule has 0 bridgehead atoms. The van der Waals surface area contributed by atoms with Gasteiger partial charge in [0.25, 0.3) is 0 Å². The maximum atomic E-state index is 11.9. The first-order chi connectivity index (χ1) is 9.70. The minimum absolute atomic E-state index is 0.173. The highest BCUT2D eigenvalue weighted by molar-refractivity contribution is 7.98. The Labute approximate surface area is 126 Å². The fourth-order valence-electron chi connectivity index (χ4n) is 1.64. The van der Waals surface area contributed by atoms with Crippen LogP contribution in [0.4, 0.5) is 5.13 Å². The van der Waals surface area contributed by atoms with E-state index in [1.165, 1.54) is 11.3 Å². The minimum atomic E-state index is -0.480. The highest BCUT2D eigenvalue weighted by Gasteiger charge is 2.14. The van der Waals surface area contributed by atoms with Gasteiger partial charge in [0.15, 0.2) is 5.13 Å². The molecule has 0 saturated carbocycles. The van der Waals surface area contributed by atoms with Gasteiger partial charge < -0.3 is 11.1 Å². The molecule has 0 aliphatic heterocycles. The average Bonchev–Trinajstić information content (AvgIpc) is 2.94. The van der Waals surface area contributed by atoms with E-state index in [0.29, 0.717) is 11.6 Å². The van der Waals surface area contributed by atoms with Crippen LogP contribution in [-0.2, 0) is 4.79 Å². The average molecular weight is 307 g/mol. The van der Waals surface area contributed by atoms with E-state index in [4.69, 9.17) is 5.73 Å². The molecule has 6 heteroatoms. The minimum Gasteiger partial charge on any atom is -0.320 e. The first-order valence-corrected chi connectivity index (χ1v) is 8.48. The Morgan fingerprint density at radius 3 is 2.90 bits per heavy atom. The number of nitrogens with one attached hydrogen (secondary N) is 1. The maximum Gasteiger partial charge on any atom is 0.243 e. The van der Waals surface area contributed by atoms with E-state index in [9.17, 15) is 4.79 Å². The summed E-state index contributed by atoms with van der Waals surface area (Å²) in [4.78, 5) is 17.1. The van der Waals surface area contributed by atoms with Crippen molar-refractivity contribution in [3.63, 3.8) is 0 Å². The third kappa shape index (κ3) is 4.06. The van der Waals surface area contributed by atoms with Gasteiger partial charge in [-0.3, -0.25) is 4.79 Å². The number of rotatable bonds is 6. The number of benzene rings is 1. The first kappa shape index (κ1) is 15.0. The van der Waals surface area contributed by atoms with Crippen LogP contribution in [0.5, 0.6) is 0 Å². The van der Waals surface area contributed by atoms with Gasteiger partial charge in [-0.2, -0.15) is 11.8 Å². The summed E-state index contributed by atoms with van der Waals surface area (Å²) >= 11 is 3.13. The fourth-order valence-corrected chi connectivity index (χ4v) is 2.96. The van der Waals surface area contributed by atoms with Crippen LogP contribution < -0.4 is 11.1 Å². The first-order valence-electron chi connectivity index (χ1n) is 6.27. The lowest BCUT2D eigenvalue weighted by atomic mass is 10.2. The Morgan fingerprint density at radius 1 is 1.45 bits per heavy atom. The van der Waals surface area contributed by atoms with Crippen LogP contribution >= 0.6 is 23.1 Å². The summed E-state index contributed by atoms with van der Waals surface area (Å²) in [7, 11) is 0. The molecule has 2 aromatic rings. The smallest absolute Gasteiger partial charge is 0.243 e. The molecule has 0 fully saturated rings. The van der Waals surface area contributed by atoms with Crippen molar-refractivity contribution >= 4 is 34.1 Å². The Bertz CT molecular complexity index is 557. The number of nitrogens with two attached hydrogens (primary N) is 1. The third-order valence-electron chi connectivity index (χ3n) is 2.76. The topological polar surface area (TPSA) is 68.0 Å². The van der Waals surface area contributed by atoms with Crippen molar-refractivity contribution < 1.29 is 4.79 Å². The highest BCUT2D eigenvalue weighted by atomic mass is 32.2. The number of thioether (sulfide) groups is 1. The van der Waals surface area contributed by atoms with Crippen molar-refractivity contribution in [2.45, 2.75) is 12.5 Å². The Kier molecular flexibility index (Phi) is 5.58. The zero-order chi connectivity index (χ0) is 14.4. The summed E-state index contributed by atoms with van der Waals surface area (Å²) in [5.74, 6) is 0.704. The molecule has 0 spiro atoms. The van der Waals surface area contributed by atoms with Gasteiger partial charge in [-0.15, -0.1) is 0 Å². The number of amides is 1. The molecular weight excluding hydrogens is 290 g/mol. The van der Waals surface area contributed by atoms with Crippen LogP contribution in [-0.4, -0.2) is 28.9 Å². The third-order valence-corrected chi connectivity index (χ3v) is 4.37. The molecule has 0 aliphatic rings. The Hall–Kier alpha value is -1.37. The monoisotopic (exact) mass is 307 g/mol. The van der Waals surface area contributed by atoms with Gasteiger partial charge in [0, 0.05) is 6.20 Å². The summed E-state index contributed by atoms with van der Waals surface area (Å²) < 4.78 is 0. The maximum absolute atomic E-state index is 11.9. The standard InChI is InChI=1S/C14H17N3OS2/c1-19-8-7-11(15)13(18)17-14-16-9-12(20-14)10-5-3-2-4-6-10/h2-6,9,11H,7-8,15H2,1H3,(H,16,17,18)/t11-/m0/s1. The number of hydrogen-bond acceptors (Lipinski definition) is 5. The van der Waals surface area contributed by atoms with Gasteiger partial charge in [0.05, 0.1) is 10.9 Å². The van der Waals surface area contributed by atoms with E-state index in [2.05, 4.69) is 10.3 Å². The van der Waals surface area contributed by atoms with Crippen molar-refractivity contribution in [1.29, 1.82) is 0 Å². The lowest BCUT2D eigenvalue weighted by Gasteiger charge is -2.09. The largest absolute Gasteiger partial charge is 0.320 e. The molecule has 4 nitrogen and oxygen atoms in total. The molecular formula is C14H17N3OS2. The Morgan fingerprint density at radius 2 is 2.20 bits per heavy atom. The van der Waals surface area contributed by atoms with Crippen LogP contribution in [0.3, 0.4) is 0 Å². The molecule has 1 atom stereocenters. The summed E-state index contributed by atoms with van der Waals surface area (Å²) in [5.41, 5.74) is 6.92. The predicted octanol–water partition coefficient (Wildman–Crippen LogP) is 2.83. The molecule has 1 amide bonds. The van der Waals surface area contributed by atoms with Crippen LogP contribution in [0.2, 0.25) is 0 Å². The van der Waals surface area contributed by atoms with Crippen LogP contribution in [0, 0.1) is 0 Å². The van der Waals surface area contributed by atoms with E-state index in [1.807, 2.05) is 36.6 Å². The van der Waals surface area contributed by atoms with Crippen LogP contribution in [0.25, 0.3) is 10.4 Å². The normalized spacial score (nSPS) is 12.1. The summed E-state index contributed by atoms with van der Waals surface area (Å²) in [6.45, 7) is 0. The second-order valence-electron chi connectivity index (χ2n) is 4.27. The van der Waals surface area contributed by atoms with Gasteiger partial charge in [-0.05, 0) is 24.0 Å². The number of carbonyl (C=O) groups is 1. The molecule has 0 radical (unpaired) electrons. The van der Waals surface area contributed by atoms with Crippen molar-refractivity contribution in [3.05, 3.63) is 36.5 Å². The summed E-state index contributed by atoms with van der Waals surface area (Å²) in [6, 6.07) is 9.48. The van der Waals surface area contributed by atoms with E-state index < -0.39 is 6.04 Å².